The van der Waals surface area contributed by atoms with Crippen LogP contribution in [0.5, 0.6) is 0 Å². The van der Waals surface area contributed by atoms with Gasteiger partial charge in [0.1, 0.15) is 5.08 Å². The zero-order chi connectivity index (χ0) is 16.4. The number of nitrogens with zero attached hydrogens (tertiary/aromatic N) is 4. The molecule has 0 aromatic carbocycles. The Balaban J connectivity index is 3.16. The maximum absolute atomic E-state index is 12.1. The van der Waals surface area contributed by atoms with E-state index in [1.54, 1.807) is 21.0 Å². The van der Waals surface area contributed by atoms with E-state index in [1.807, 2.05) is 20.8 Å². The van der Waals surface area contributed by atoms with Crippen molar-refractivity contribution in [3.8, 4) is 0 Å². The lowest BCUT2D eigenvalue weighted by Crippen LogP contribution is -2.29. The van der Waals surface area contributed by atoms with Gasteiger partial charge >= 0.3 is 6.03 Å². The number of carbonyl (C=O) groups excluding carboxylic acids is 1. The summed E-state index contributed by atoms with van der Waals surface area (Å²) in [6, 6.07) is -0.352. The van der Waals surface area contributed by atoms with Crippen LogP contribution in [-0.2, 0) is 15.3 Å². The van der Waals surface area contributed by atoms with E-state index in [4.69, 9.17) is 0 Å². The van der Waals surface area contributed by atoms with Gasteiger partial charge in [-0.05, 0) is 0 Å². The molecule has 7 nitrogen and oxygen atoms in total. The highest BCUT2D eigenvalue weighted by atomic mass is 32.3. The lowest BCUT2D eigenvalue weighted by Gasteiger charge is -2.13. The average Bonchev–Trinajstić information content (AvgIpc) is 2.79. The third kappa shape index (κ3) is 4.70. The summed E-state index contributed by atoms with van der Waals surface area (Å²) in [6.07, 6.45) is 0. The van der Waals surface area contributed by atoms with Crippen molar-refractivity contribution in [2.24, 2.45) is 0 Å². The molecule has 0 saturated carbocycles. The lowest BCUT2D eigenvalue weighted by atomic mass is 9.96. The van der Waals surface area contributed by atoms with Crippen molar-refractivity contribution < 1.29 is 13.2 Å². The van der Waals surface area contributed by atoms with Crippen molar-refractivity contribution in [2.45, 2.75) is 38.3 Å². The topological polar surface area (TPSA) is 85.2 Å². The van der Waals surface area contributed by atoms with Gasteiger partial charge in [0.25, 0.3) is 0 Å². The van der Waals surface area contributed by atoms with Gasteiger partial charge < -0.3 is 4.90 Å². The summed E-state index contributed by atoms with van der Waals surface area (Å²) >= 11 is 1.02. The first-order valence-corrected chi connectivity index (χ1v) is 9.31. The van der Waals surface area contributed by atoms with E-state index in [0.29, 0.717) is 11.0 Å². The Bertz CT molecular complexity index is 615. The zero-order valence-corrected chi connectivity index (χ0v) is 14.9. The number of sulfone groups is 1. The zero-order valence-electron chi connectivity index (χ0n) is 13.2. The lowest BCUT2D eigenvalue weighted by molar-refractivity contribution is 0.213. The number of hydrogen-bond donors (Lipinski definition) is 0. The fourth-order valence-corrected chi connectivity index (χ4v) is 3.45. The molecule has 120 valence electrons. The molecule has 1 aromatic heterocycles. The molecule has 0 N–H and O–H groups in total. The monoisotopic (exact) mass is 334 g/mol. The van der Waals surface area contributed by atoms with E-state index in [9.17, 15) is 13.2 Å². The van der Waals surface area contributed by atoms with Crippen LogP contribution in [0.25, 0.3) is 0 Å². The predicted octanol–water partition coefficient (Wildman–Crippen LogP) is 1.59. The molecule has 0 bridgehead atoms. The first kappa shape index (κ1) is 18.0. The van der Waals surface area contributed by atoms with Gasteiger partial charge in [0.05, 0.1) is 0 Å². The van der Waals surface area contributed by atoms with Crippen LogP contribution < -0.4 is 0 Å². The molecule has 1 amide bonds. The summed E-state index contributed by atoms with van der Waals surface area (Å²) in [7, 11) is 0.0686. The number of thioether (sulfide) groups is 1. The second-order valence-electron chi connectivity index (χ2n) is 5.85. The van der Waals surface area contributed by atoms with E-state index < -0.39 is 9.84 Å². The highest BCUT2D eigenvalue weighted by Gasteiger charge is 2.26. The molecule has 0 unspecified atom stereocenters. The van der Waals surface area contributed by atoms with Crippen molar-refractivity contribution >= 4 is 27.6 Å². The molecular formula is C12H22N4O3S2. The molecule has 1 rings (SSSR count). The van der Waals surface area contributed by atoms with E-state index in [1.165, 1.54) is 4.90 Å². The van der Waals surface area contributed by atoms with Gasteiger partial charge in [-0.25, -0.2) is 18.2 Å². The molecule has 0 saturated heterocycles. The van der Waals surface area contributed by atoms with Crippen LogP contribution in [0.2, 0.25) is 0 Å². The normalized spacial score (nSPS) is 12.5. The Labute approximate surface area is 130 Å². The van der Waals surface area contributed by atoms with E-state index in [0.717, 1.165) is 16.4 Å². The molecule has 1 heterocycles. The first-order chi connectivity index (χ1) is 9.48. The Morgan fingerprint density at radius 2 is 1.90 bits per heavy atom. The van der Waals surface area contributed by atoms with Gasteiger partial charge in [0, 0.05) is 25.3 Å². The smallest absolute Gasteiger partial charge is 0.329 e. The molecule has 21 heavy (non-hydrogen) atoms. The van der Waals surface area contributed by atoms with Crippen LogP contribution in [0.3, 0.4) is 0 Å². The minimum Gasteiger partial charge on any atom is -0.329 e. The third-order valence-corrected chi connectivity index (χ3v) is 5.93. The summed E-state index contributed by atoms with van der Waals surface area (Å²) in [5, 5.41) is 4.41. The summed E-state index contributed by atoms with van der Waals surface area (Å²) in [5.74, 6) is 0.566. The van der Waals surface area contributed by atoms with Crippen LogP contribution in [0.4, 0.5) is 4.79 Å². The van der Waals surface area contributed by atoms with Gasteiger partial charge in [-0.3, -0.25) is 0 Å². The van der Waals surface area contributed by atoms with Gasteiger partial charge in [0.15, 0.2) is 20.8 Å². The van der Waals surface area contributed by atoms with Crippen molar-refractivity contribution in [2.75, 3.05) is 24.9 Å². The molecule has 0 aliphatic carbocycles. The van der Waals surface area contributed by atoms with Crippen molar-refractivity contribution in [1.82, 2.24) is 19.7 Å². The number of rotatable bonds is 4. The molecule has 0 spiro atoms. The van der Waals surface area contributed by atoms with Crippen LogP contribution in [0.15, 0.2) is 5.16 Å². The van der Waals surface area contributed by atoms with Crippen molar-refractivity contribution in [1.29, 1.82) is 0 Å². The first-order valence-electron chi connectivity index (χ1n) is 6.50. The predicted molar refractivity (Wildman–Crippen MR) is 83.4 cm³/mol. The molecule has 1 aromatic rings. The Morgan fingerprint density at radius 1 is 1.33 bits per heavy atom. The average molecular weight is 334 g/mol. The molecule has 0 radical (unpaired) electrons. The highest BCUT2D eigenvalue weighted by Crippen LogP contribution is 2.24. The molecule has 9 heteroatoms. The van der Waals surface area contributed by atoms with E-state index in [-0.39, 0.29) is 22.3 Å². The summed E-state index contributed by atoms with van der Waals surface area (Å²) in [4.78, 5) is 17.8. The van der Waals surface area contributed by atoms with Crippen LogP contribution in [0.1, 0.15) is 33.5 Å². The minimum atomic E-state index is -3.15. The Kier molecular flexibility index (Phi) is 5.43. The largest absolute Gasteiger partial charge is 0.346 e. The van der Waals surface area contributed by atoms with E-state index in [2.05, 4.69) is 10.1 Å². The SMILES string of the molecule is CCS(=O)(=O)CSc1nc(C(C)(C)C)nn1C(=O)N(C)C. The second-order valence-corrected chi connectivity index (χ2v) is 9.51. The minimum absolute atomic E-state index is 0.0574. The van der Waals surface area contributed by atoms with Crippen molar-refractivity contribution in [3.63, 3.8) is 0 Å². The van der Waals surface area contributed by atoms with Crippen LogP contribution in [-0.4, -0.2) is 59.0 Å². The number of amides is 1. The Morgan fingerprint density at radius 3 is 2.33 bits per heavy atom. The quantitative estimate of drug-likeness (QED) is 0.777. The fourth-order valence-electron chi connectivity index (χ4n) is 1.25. The van der Waals surface area contributed by atoms with Gasteiger partial charge in [-0.2, -0.15) is 4.68 Å². The number of aromatic nitrogens is 3. The second kappa shape index (κ2) is 6.35. The highest BCUT2D eigenvalue weighted by molar-refractivity contribution is 8.12. The maximum atomic E-state index is 12.1. The summed E-state index contributed by atoms with van der Waals surface area (Å²) in [5.41, 5.74) is -0.323. The number of hydrogen-bond acceptors (Lipinski definition) is 6. The van der Waals surface area contributed by atoms with Crippen molar-refractivity contribution in [3.05, 3.63) is 5.82 Å². The maximum Gasteiger partial charge on any atom is 0.346 e. The van der Waals surface area contributed by atoms with E-state index >= 15 is 0 Å². The molecular weight excluding hydrogens is 312 g/mol. The molecule has 0 aliphatic heterocycles. The third-order valence-electron chi connectivity index (χ3n) is 2.62. The van der Waals surface area contributed by atoms with Gasteiger partial charge in [-0.1, -0.05) is 39.5 Å². The standard InChI is InChI=1S/C12H22N4O3S2/c1-7-21(18,19)8-20-10-13-9(12(2,3)4)14-16(10)11(17)15(5)6/h7-8H2,1-6H3. The van der Waals surface area contributed by atoms with Gasteiger partial charge in [0.2, 0.25) is 0 Å². The molecule has 0 atom stereocenters. The fraction of sp³-hybridized carbons (Fsp3) is 0.750. The number of carbonyl (C=O) groups is 1. The van der Waals surface area contributed by atoms with Gasteiger partial charge in [-0.15, -0.1) is 5.10 Å². The summed E-state index contributed by atoms with van der Waals surface area (Å²) in [6.45, 7) is 7.39. The Hall–Kier alpha value is -1.09. The summed E-state index contributed by atoms with van der Waals surface area (Å²) < 4.78 is 24.4. The molecule has 0 aliphatic rings. The molecule has 0 fully saturated rings. The van der Waals surface area contributed by atoms with Crippen LogP contribution >= 0.6 is 11.8 Å². The van der Waals surface area contributed by atoms with Crippen LogP contribution in [0, 0.1) is 0 Å².